The summed E-state index contributed by atoms with van der Waals surface area (Å²) in [6, 6.07) is 6.99. The average Bonchev–Trinajstić information content (AvgIpc) is 2.80. The van der Waals surface area contributed by atoms with Crippen LogP contribution in [0.25, 0.3) is 0 Å². The maximum atomic E-state index is 11.9. The van der Waals surface area contributed by atoms with Crippen LogP contribution in [0.1, 0.15) is 29.6 Å². The van der Waals surface area contributed by atoms with Crippen molar-refractivity contribution < 1.29 is 9.59 Å². The Morgan fingerprint density at radius 2 is 2.16 bits per heavy atom. The number of carbonyl (C=O) groups is 2. The van der Waals surface area contributed by atoms with Crippen LogP contribution in [-0.2, 0) is 4.79 Å². The van der Waals surface area contributed by atoms with Gasteiger partial charge in [0.15, 0.2) is 0 Å². The lowest BCUT2D eigenvalue weighted by Gasteiger charge is -2.15. The van der Waals surface area contributed by atoms with E-state index in [-0.39, 0.29) is 11.8 Å². The van der Waals surface area contributed by atoms with Crippen molar-refractivity contribution in [1.29, 1.82) is 0 Å². The number of para-hydroxylation sites is 1. The van der Waals surface area contributed by atoms with E-state index < -0.39 is 0 Å². The minimum Gasteiger partial charge on any atom is -0.398 e. The molecule has 1 aromatic rings. The summed E-state index contributed by atoms with van der Waals surface area (Å²) in [7, 11) is 0. The molecule has 2 rings (SSSR count). The van der Waals surface area contributed by atoms with Gasteiger partial charge >= 0.3 is 0 Å². The number of rotatable bonds is 5. The van der Waals surface area contributed by atoms with Crippen LogP contribution in [0, 0.1) is 0 Å². The zero-order valence-corrected chi connectivity index (χ0v) is 10.9. The van der Waals surface area contributed by atoms with Crippen LogP contribution in [-0.4, -0.2) is 36.3 Å². The van der Waals surface area contributed by atoms with Crippen LogP contribution < -0.4 is 11.1 Å². The molecule has 102 valence electrons. The smallest absolute Gasteiger partial charge is 0.253 e. The van der Waals surface area contributed by atoms with Gasteiger partial charge in [-0.3, -0.25) is 9.59 Å². The number of nitrogens with one attached hydrogen (secondary N) is 1. The quantitative estimate of drug-likeness (QED) is 0.613. The number of nitrogens with two attached hydrogens (primary N) is 1. The van der Waals surface area contributed by atoms with E-state index in [9.17, 15) is 9.59 Å². The Balaban J connectivity index is 1.72. The number of carbonyl (C=O) groups excluding carboxylic acids is 2. The van der Waals surface area contributed by atoms with Gasteiger partial charge in [-0.05, 0) is 25.0 Å². The Bertz CT molecular complexity index is 474. The Morgan fingerprint density at radius 3 is 2.84 bits per heavy atom. The number of amides is 2. The van der Waals surface area contributed by atoms with E-state index in [0.29, 0.717) is 30.8 Å². The number of benzene rings is 1. The lowest BCUT2D eigenvalue weighted by molar-refractivity contribution is -0.127. The maximum absolute atomic E-state index is 11.9. The molecule has 0 radical (unpaired) electrons. The van der Waals surface area contributed by atoms with E-state index in [2.05, 4.69) is 5.32 Å². The Labute approximate surface area is 112 Å². The lowest BCUT2D eigenvalue weighted by atomic mass is 10.1. The first-order valence-corrected chi connectivity index (χ1v) is 6.59. The van der Waals surface area contributed by atoms with Gasteiger partial charge in [0.25, 0.3) is 5.91 Å². The van der Waals surface area contributed by atoms with Crippen molar-refractivity contribution in [2.75, 3.05) is 25.4 Å². The molecule has 1 aliphatic rings. The number of nitrogens with zero attached hydrogens (tertiary/aromatic N) is 1. The van der Waals surface area contributed by atoms with Crippen molar-refractivity contribution in [3.8, 4) is 0 Å². The molecule has 0 aliphatic carbocycles. The summed E-state index contributed by atoms with van der Waals surface area (Å²) in [5, 5.41) is 2.82. The molecule has 0 atom stereocenters. The highest BCUT2D eigenvalue weighted by atomic mass is 16.2. The molecule has 1 fully saturated rings. The van der Waals surface area contributed by atoms with Gasteiger partial charge in [-0.15, -0.1) is 0 Å². The van der Waals surface area contributed by atoms with E-state index in [0.717, 1.165) is 19.4 Å². The molecular formula is C14H19N3O2. The largest absolute Gasteiger partial charge is 0.398 e. The highest BCUT2D eigenvalue weighted by molar-refractivity contribution is 5.99. The topological polar surface area (TPSA) is 75.4 Å². The van der Waals surface area contributed by atoms with E-state index >= 15 is 0 Å². The van der Waals surface area contributed by atoms with Gasteiger partial charge in [-0.25, -0.2) is 0 Å². The van der Waals surface area contributed by atoms with Gasteiger partial charge in [-0.1, -0.05) is 12.1 Å². The molecule has 0 spiro atoms. The van der Waals surface area contributed by atoms with Crippen LogP contribution in [0.15, 0.2) is 24.3 Å². The second-order valence-corrected chi connectivity index (χ2v) is 4.68. The normalized spacial score (nSPS) is 14.7. The minimum absolute atomic E-state index is 0.161. The van der Waals surface area contributed by atoms with Crippen LogP contribution in [0.5, 0.6) is 0 Å². The fourth-order valence-corrected chi connectivity index (χ4v) is 2.21. The molecule has 3 N–H and O–H groups in total. The maximum Gasteiger partial charge on any atom is 0.253 e. The van der Waals surface area contributed by atoms with Gasteiger partial charge in [0.05, 0.1) is 5.56 Å². The summed E-state index contributed by atoms with van der Waals surface area (Å²) >= 11 is 0. The second kappa shape index (κ2) is 6.22. The molecule has 2 amide bonds. The summed E-state index contributed by atoms with van der Waals surface area (Å²) in [6.07, 6.45) is 2.38. The monoisotopic (exact) mass is 261 g/mol. The molecule has 1 aromatic carbocycles. The fourth-order valence-electron chi connectivity index (χ4n) is 2.21. The molecule has 5 nitrogen and oxygen atoms in total. The van der Waals surface area contributed by atoms with Crippen molar-refractivity contribution >= 4 is 17.5 Å². The number of hydrogen-bond acceptors (Lipinski definition) is 3. The van der Waals surface area contributed by atoms with Crippen LogP contribution in [0.2, 0.25) is 0 Å². The number of nitrogen functional groups attached to an aromatic ring is 1. The van der Waals surface area contributed by atoms with Crippen LogP contribution in [0.3, 0.4) is 0 Å². The fraction of sp³-hybridized carbons (Fsp3) is 0.429. The highest BCUT2D eigenvalue weighted by Crippen LogP contribution is 2.11. The summed E-state index contributed by atoms with van der Waals surface area (Å²) in [5.74, 6) is 0.0597. The predicted molar refractivity (Wildman–Crippen MR) is 73.6 cm³/mol. The number of anilines is 1. The first-order chi connectivity index (χ1) is 9.18. The third kappa shape index (κ3) is 3.47. The third-order valence-electron chi connectivity index (χ3n) is 3.27. The van der Waals surface area contributed by atoms with Crippen LogP contribution >= 0.6 is 0 Å². The van der Waals surface area contributed by atoms with Gasteiger partial charge in [0, 0.05) is 31.7 Å². The molecule has 1 heterocycles. The van der Waals surface area contributed by atoms with Crippen molar-refractivity contribution in [1.82, 2.24) is 10.2 Å². The molecular weight excluding hydrogens is 242 g/mol. The first-order valence-electron chi connectivity index (χ1n) is 6.59. The standard InChI is InChI=1S/C14H19N3O2/c15-12-6-2-1-5-11(12)14(19)16-8-4-10-17-9-3-7-13(17)18/h1-2,5-6H,3-4,7-10,15H2,(H,16,19). The summed E-state index contributed by atoms with van der Waals surface area (Å²) in [6.45, 7) is 2.11. The van der Waals surface area contributed by atoms with Gasteiger partial charge in [-0.2, -0.15) is 0 Å². The Hall–Kier alpha value is -2.04. The molecule has 0 aromatic heterocycles. The first kappa shape index (κ1) is 13.4. The molecule has 1 aliphatic heterocycles. The van der Waals surface area contributed by atoms with Crippen molar-refractivity contribution in [3.05, 3.63) is 29.8 Å². The van der Waals surface area contributed by atoms with Crippen molar-refractivity contribution in [2.24, 2.45) is 0 Å². The van der Waals surface area contributed by atoms with Gasteiger partial charge in [0.1, 0.15) is 0 Å². The predicted octanol–water partition coefficient (Wildman–Crippen LogP) is 1.01. The second-order valence-electron chi connectivity index (χ2n) is 4.68. The molecule has 19 heavy (non-hydrogen) atoms. The van der Waals surface area contributed by atoms with E-state index in [1.165, 1.54) is 0 Å². The molecule has 5 heteroatoms. The minimum atomic E-state index is -0.161. The molecule has 1 saturated heterocycles. The number of hydrogen-bond donors (Lipinski definition) is 2. The molecule has 0 bridgehead atoms. The molecule has 0 saturated carbocycles. The van der Waals surface area contributed by atoms with Crippen molar-refractivity contribution in [2.45, 2.75) is 19.3 Å². The van der Waals surface area contributed by atoms with Crippen LogP contribution in [0.4, 0.5) is 5.69 Å². The van der Waals surface area contributed by atoms with E-state index in [1.54, 1.807) is 24.3 Å². The third-order valence-corrected chi connectivity index (χ3v) is 3.27. The SMILES string of the molecule is Nc1ccccc1C(=O)NCCCN1CCCC1=O. The van der Waals surface area contributed by atoms with Crippen molar-refractivity contribution in [3.63, 3.8) is 0 Å². The summed E-state index contributed by atoms with van der Waals surface area (Å²) in [5.41, 5.74) is 6.71. The van der Waals surface area contributed by atoms with E-state index in [4.69, 9.17) is 5.73 Å². The summed E-state index contributed by atoms with van der Waals surface area (Å²) in [4.78, 5) is 25.1. The molecule has 0 unspecified atom stereocenters. The highest BCUT2D eigenvalue weighted by Gasteiger charge is 2.19. The Kier molecular flexibility index (Phi) is 4.39. The van der Waals surface area contributed by atoms with Gasteiger partial charge in [0.2, 0.25) is 5.91 Å². The zero-order chi connectivity index (χ0) is 13.7. The zero-order valence-electron chi connectivity index (χ0n) is 10.9. The number of likely N-dealkylation sites (tertiary alicyclic amines) is 1. The lowest BCUT2D eigenvalue weighted by Crippen LogP contribution is -2.30. The Morgan fingerprint density at radius 1 is 1.37 bits per heavy atom. The van der Waals surface area contributed by atoms with Gasteiger partial charge < -0.3 is 16.0 Å². The summed E-state index contributed by atoms with van der Waals surface area (Å²) < 4.78 is 0. The van der Waals surface area contributed by atoms with E-state index in [1.807, 2.05) is 4.90 Å². The average molecular weight is 261 g/mol.